The molecule has 0 bridgehead atoms. The molecule has 0 unspecified atom stereocenters. The van der Waals surface area contributed by atoms with E-state index < -0.39 is 0 Å². The molecule has 0 spiro atoms. The van der Waals surface area contributed by atoms with E-state index in [0.717, 1.165) is 16.8 Å². The Morgan fingerprint density at radius 3 is 1.78 bits per heavy atom. The third-order valence-electron chi connectivity index (χ3n) is 4.79. The molecule has 0 aliphatic rings. The zero-order valence-electron chi connectivity index (χ0n) is 16.1. The first-order valence-electron chi connectivity index (χ1n) is 9.27. The fourth-order valence-electron chi connectivity index (χ4n) is 3.53. The number of urea groups is 1. The molecule has 0 aliphatic carbocycles. The first kappa shape index (κ1) is 18.7. The van der Waals surface area contributed by atoms with Crippen molar-refractivity contribution in [3.05, 3.63) is 101 Å². The second-order valence-electron chi connectivity index (χ2n) is 6.98. The Kier molecular flexibility index (Phi) is 5.92. The smallest absolute Gasteiger partial charge is 0.319 e. The molecule has 0 saturated heterocycles. The van der Waals surface area contributed by atoms with Gasteiger partial charge < -0.3 is 10.6 Å². The predicted molar refractivity (Wildman–Crippen MR) is 112 cm³/mol. The number of carbonyl (C=O) groups excluding carboxylic acids is 1. The summed E-state index contributed by atoms with van der Waals surface area (Å²) in [6.45, 7) is 6.64. The number of anilines is 1. The lowest BCUT2D eigenvalue weighted by atomic mass is 9.91. The molecular formula is C24H26N2O. The Bertz CT molecular complexity index is 842. The Hall–Kier alpha value is -3.07. The zero-order chi connectivity index (χ0) is 19.2. The highest BCUT2D eigenvalue weighted by atomic mass is 16.2. The monoisotopic (exact) mass is 358 g/mol. The van der Waals surface area contributed by atoms with Crippen LogP contribution in [0, 0.1) is 20.8 Å². The highest BCUT2D eigenvalue weighted by Crippen LogP contribution is 2.24. The van der Waals surface area contributed by atoms with Crippen LogP contribution in [0.1, 0.15) is 33.7 Å². The highest BCUT2D eigenvalue weighted by molar-refractivity contribution is 5.91. The van der Waals surface area contributed by atoms with Gasteiger partial charge in [-0.2, -0.15) is 0 Å². The number of benzene rings is 3. The van der Waals surface area contributed by atoms with Gasteiger partial charge in [0.25, 0.3) is 0 Å². The van der Waals surface area contributed by atoms with Crippen LogP contribution < -0.4 is 10.6 Å². The molecule has 0 saturated carbocycles. The second-order valence-corrected chi connectivity index (χ2v) is 6.98. The Labute approximate surface area is 161 Å². The fourth-order valence-corrected chi connectivity index (χ4v) is 3.53. The lowest BCUT2D eigenvalue weighted by molar-refractivity contribution is 0.252. The molecule has 0 aliphatic heterocycles. The van der Waals surface area contributed by atoms with Crippen molar-refractivity contribution in [2.75, 3.05) is 11.9 Å². The molecule has 0 aromatic heterocycles. The van der Waals surface area contributed by atoms with Gasteiger partial charge in [-0.1, -0.05) is 78.4 Å². The van der Waals surface area contributed by atoms with Crippen LogP contribution in [-0.4, -0.2) is 12.6 Å². The Morgan fingerprint density at radius 1 is 0.815 bits per heavy atom. The van der Waals surface area contributed by atoms with Crippen molar-refractivity contribution in [2.24, 2.45) is 0 Å². The molecule has 3 rings (SSSR count). The van der Waals surface area contributed by atoms with E-state index in [0.29, 0.717) is 6.54 Å². The molecule has 138 valence electrons. The Morgan fingerprint density at radius 2 is 1.30 bits per heavy atom. The highest BCUT2D eigenvalue weighted by Gasteiger charge is 2.15. The molecule has 3 aromatic rings. The van der Waals surface area contributed by atoms with E-state index in [4.69, 9.17) is 0 Å². The summed E-state index contributed by atoms with van der Waals surface area (Å²) in [6.07, 6.45) is 0. The number of amides is 2. The number of aryl methyl sites for hydroxylation is 3. The molecule has 0 heterocycles. The van der Waals surface area contributed by atoms with E-state index in [-0.39, 0.29) is 11.9 Å². The van der Waals surface area contributed by atoms with Crippen LogP contribution in [0.5, 0.6) is 0 Å². The molecule has 0 fully saturated rings. The van der Waals surface area contributed by atoms with Gasteiger partial charge >= 0.3 is 6.03 Å². The lowest BCUT2D eigenvalue weighted by Gasteiger charge is -2.20. The van der Waals surface area contributed by atoms with Gasteiger partial charge in [0, 0.05) is 18.2 Å². The van der Waals surface area contributed by atoms with Crippen molar-refractivity contribution >= 4 is 11.7 Å². The van der Waals surface area contributed by atoms with E-state index in [1.165, 1.54) is 16.7 Å². The quantitative estimate of drug-likeness (QED) is 0.615. The number of hydrogen-bond acceptors (Lipinski definition) is 1. The van der Waals surface area contributed by atoms with Crippen molar-refractivity contribution in [1.82, 2.24) is 5.32 Å². The maximum Gasteiger partial charge on any atom is 0.319 e. The van der Waals surface area contributed by atoms with Gasteiger partial charge in [-0.05, 0) is 43.0 Å². The minimum atomic E-state index is -0.179. The summed E-state index contributed by atoms with van der Waals surface area (Å²) >= 11 is 0. The van der Waals surface area contributed by atoms with Gasteiger partial charge in [0.1, 0.15) is 0 Å². The molecule has 3 aromatic carbocycles. The SMILES string of the molecule is Cc1cc(C)c(NC(=O)NCC(c2ccccc2)c2ccccc2)c(C)c1. The first-order valence-corrected chi connectivity index (χ1v) is 9.27. The molecule has 0 radical (unpaired) electrons. The van der Waals surface area contributed by atoms with Crippen LogP contribution in [0.15, 0.2) is 72.8 Å². The first-order chi connectivity index (χ1) is 13.0. The van der Waals surface area contributed by atoms with Crippen LogP contribution in [-0.2, 0) is 0 Å². The summed E-state index contributed by atoms with van der Waals surface area (Å²) in [6, 6.07) is 24.5. The van der Waals surface area contributed by atoms with Gasteiger partial charge in [-0.15, -0.1) is 0 Å². The average Bonchev–Trinajstić information content (AvgIpc) is 2.66. The van der Waals surface area contributed by atoms with Crippen LogP contribution in [0.3, 0.4) is 0 Å². The minimum absolute atomic E-state index is 0.110. The van der Waals surface area contributed by atoms with E-state index in [1.54, 1.807) is 0 Å². The van der Waals surface area contributed by atoms with Gasteiger partial charge in [0.05, 0.1) is 0 Å². The maximum absolute atomic E-state index is 12.5. The van der Waals surface area contributed by atoms with Crippen LogP contribution in [0.25, 0.3) is 0 Å². The van der Waals surface area contributed by atoms with E-state index in [9.17, 15) is 4.79 Å². The molecule has 0 atom stereocenters. The molecular weight excluding hydrogens is 332 g/mol. The second kappa shape index (κ2) is 8.54. The van der Waals surface area contributed by atoms with Crippen LogP contribution in [0.4, 0.5) is 10.5 Å². The largest absolute Gasteiger partial charge is 0.337 e. The fraction of sp³-hybridized carbons (Fsp3) is 0.208. The van der Waals surface area contributed by atoms with Crippen molar-refractivity contribution in [3.8, 4) is 0 Å². The molecule has 27 heavy (non-hydrogen) atoms. The molecule has 2 amide bonds. The number of hydrogen-bond donors (Lipinski definition) is 2. The van der Waals surface area contributed by atoms with Crippen molar-refractivity contribution in [3.63, 3.8) is 0 Å². The van der Waals surface area contributed by atoms with Gasteiger partial charge in [-0.25, -0.2) is 4.79 Å². The number of rotatable bonds is 5. The van der Waals surface area contributed by atoms with Crippen molar-refractivity contribution in [1.29, 1.82) is 0 Å². The number of carbonyl (C=O) groups is 1. The average molecular weight is 358 g/mol. The summed E-state index contributed by atoms with van der Waals surface area (Å²) in [7, 11) is 0. The van der Waals surface area contributed by atoms with Crippen LogP contribution >= 0.6 is 0 Å². The van der Waals surface area contributed by atoms with Crippen molar-refractivity contribution in [2.45, 2.75) is 26.7 Å². The van der Waals surface area contributed by atoms with Gasteiger partial charge in [0.2, 0.25) is 0 Å². The summed E-state index contributed by atoms with van der Waals surface area (Å²) in [5.41, 5.74) is 6.60. The van der Waals surface area contributed by atoms with Crippen LogP contribution in [0.2, 0.25) is 0 Å². The zero-order valence-corrected chi connectivity index (χ0v) is 16.1. The summed E-state index contributed by atoms with van der Waals surface area (Å²) in [5.74, 6) is 0.110. The normalized spacial score (nSPS) is 10.7. The van der Waals surface area contributed by atoms with Gasteiger partial charge in [-0.3, -0.25) is 0 Å². The third kappa shape index (κ3) is 4.76. The third-order valence-corrected chi connectivity index (χ3v) is 4.79. The molecule has 2 N–H and O–H groups in total. The van der Waals surface area contributed by atoms with E-state index >= 15 is 0 Å². The molecule has 3 nitrogen and oxygen atoms in total. The summed E-state index contributed by atoms with van der Waals surface area (Å²) in [4.78, 5) is 12.5. The standard InChI is InChI=1S/C24H26N2O/c1-17-14-18(2)23(19(3)15-17)26-24(27)25-16-22(20-10-6-4-7-11-20)21-12-8-5-9-13-21/h4-15,22H,16H2,1-3H3,(H2,25,26,27). The number of nitrogens with one attached hydrogen (secondary N) is 2. The lowest BCUT2D eigenvalue weighted by Crippen LogP contribution is -2.33. The van der Waals surface area contributed by atoms with Crippen molar-refractivity contribution < 1.29 is 4.79 Å². The minimum Gasteiger partial charge on any atom is -0.337 e. The van der Waals surface area contributed by atoms with Gasteiger partial charge in [0.15, 0.2) is 0 Å². The Balaban J connectivity index is 1.73. The maximum atomic E-state index is 12.5. The molecule has 3 heteroatoms. The summed E-state index contributed by atoms with van der Waals surface area (Å²) < 4.78 is 0. The summed E-state index contributed by atoms with van der Waals surface area (Å²) in [5, 5.41) is 6.06. The predicted octanol–water partition coefficient (Wildman–Crippen LogP) is 5.57. The van der Waals surface area contributed by atoms with E-state index in [2.05, 4.69) is 54.0 Å². The van der Waals surface area contributed by atoms with E-state index in [1.807, 2.05) is 50.2 Å². The topological polar surface area (TPSA) is 41.1 Å².